The fourth-order valence-corrected chi connectivity index (χ4v) is 2.10. The summed E-state index contributed by atoms with van der Waals surface area (Å²) in [6.45, 7) is 2.37. The van der Waals surface area contributed by atoms with Crippen LogP contribution in [0.3, 0.4) is 0 Å². The maximum atomic E-state index is 11.0. The lowest BCUT2D eigenvalue weighted by Crippen LogP contribution is -2.18. The van der Waals surface area contributed by atoms with E-state index in [0.717, 1.165) is 5.56 Å². The lowest BCUT2D eigenvalue weighted by atomic mass is 10.1. The van der Waals surface area contributed by atoms with Crippen LogP contribution in [0.1, 0.15) is 24.1 Å². The molecule has 1 heterocycles. The van der Waals surface area contributed by atoms with Gasteiger partial charge in [-0.2, -0.15) is 0 Å². The maximum Gasteiger partial charge on any atom is 0.273 e. The van der Waals surface area contributed by atoms with Gasteiger partial charge in [0, 0.05) is 41.6 Å². The molecule has 5 nitrogen and oxygen atoms in total. The molecule has 2 rings (SSSR count). The first-order valence-electron chi connectivity index (χ1n) is 6.14. The van der Waals surface area contributed by atoms with Gasteiger partial charge in [0.05, 0.1) is 4.92 Å². The fraction of sp³-hybridized carbons (Fsp3) is 0.214. The molecule has 1 aromatic carbocycles. The van der Waals surface area contributed by atoms with Crippen LogP contribution in [0.2, 0.25) is 5.02 Å². The van der Waals surface area contributed by atoms with Crippen molar-refractivity contribution in [1.29, 1.82) is 0 Å². The average molecular weight is 292 g/mol. The molecule has 0 aliphatic carbocycles. The van der Waals surface area contributed by atoms with Crippen LogP contribution >= 0.6 is 11.6 Å². The van der Waals surface area contributed by atoms with Crippen molar-refractivity contribution in [2.75, 3.05) is 0 Å². The van der Waals surface area contributed by atoms with E-state index in [1.165, 1.54) is 12.1 Å². The molecular formula is C14H14ClN3O2. The summed E-state index contributed by atoms with van der Waals surface area (Å²) in [6.07, 6.45) is 3.44. The molecular weight excluding hydrogens is 278 g/mol. The third-order valence-corrected chi connectivity index (χ3v) is 3.28. The van der Waals surface area contributed by atoms with Crippen molar-refractivity contribution in [1.82, 2.24) is 10.3 Å². The highest BCUT2D eigenvalue weighted by Gasteiger charge is 2.14. The summed E-state index contributed by atoms with van der Waals surface area (Å²) < 4.78 is 0. The number of benzene rings is 1. The number of rotatable bonds is 5. The maximum absolute atomic E-state index is 11.0. The number of halogens is 1. The van der Waals surface area contributed by atoms with Crippen molar-refractivity contribution in [3.63, 3.8) is 0 Å². The number of aromatic nitrogens is 1. The summed E-state index contributed by atoms with van der Waals surface area (Å²) >= 11 is 5.90. The van der Waals surface area contributed by atoms with E-state index < -0.39 is 4.92 Å². The summed E-state index contributed by atoms with van der Waals surface area (Å²) in [5, 5.41) is 14.7. The van der Waals surface area contributed by atoms with Crippen LogP contribution in [0.25, 0.3) is 0 Å². The lowest BCUT2D eigenvalue weighted by molar-refractivity contribution is -0.385. The van der Waals surface area contributed by atoms with Gasteiger partial charge < -0.3 is 5.32 Å². The molecule has 0 amide bonds. The van der Waals surface area contributed by atoms with E-state index in [1.807, 2.05) is 19.1 Å². The van der Waals surface area contributed by atoms with Gasteiger partial charge >= 0.3 is 0 Å². The molecule has 1 N–H and O–H groups in total. The zero-order valence-electron chi connectivity index (χ0n) is 10.9. The highest BCUT2D eigenvalue weighted by molar-refractivity contribution is 6.30. The van der Waals surface area contributed by atoms with Gasteiger partial charge in [0.1, 0.15) is 0 Å². The minimum atomic E-state index is -0.398. The number of pyridine rings is 1. The Kier molecular flexibility index (Phi) is 4.65. The molecule has 0 unspecified atom stereocenters. The van der Waals surface area contributed by atoms with Gasteiger partial charge in [0.25, 0.3) is 5.69 Å². The second-order valence-electron chi connectivity index (χ2n) is 4.41. The molecule has 0 saturated carbocycles. The molecule has 2 aromatic rings. The number of nitrogens with zero attached hydrogens (tertiary/aromatic N) is 2. The molecule has 0 aliphatic rings. The first kappa shape index (κ1) is 14.4. The zero-order chi connectivity index (χ0) is 14.5. The Hall–Kier alpha value is -1.98. The monoisotopic (exact) mass is 291 g/mol. The van der Waals surface area contributed by atoms with Gasteiger partial charge in [-0.1, -0.05) is 11.6 Å². The SMILES string of the molecule is C[C@@H](NCc1cc(Cl)ccc1[N+](=O)[O-])c1ccncc1. The van der Waals surface area contributed by atoms with Crippen LogP contribution < -0.4 is 5.32 Å². The Morgan fingerprint density at radius 2 is 2.05 bits per heavy atom. The second kappa shape index (κ2) is 6.45. The molecule has 0 aliphatic heterocycles. The van der Waals surface area contributed by atoms with Gasteiger partial charge in [-0.05, 0) is 36.8 Å². The Morgan fingerprint density at radius 1 is 1.35 bits per heavy atom. The van der Waals surface area contributed by atoms with Gasteiger partial charge in [0.15, 0.2) is 0 Å². The Bertz CT molecular complexity index is 605. The van der Waals surface area contributed by atoms with Crippen molar-refractivity contribution in [3.8, 4) is 0 Å². The lowest BCUT2D eigenvalue weighted by Gasteiger charge is -2.14. The van der Waals surface area contributed by atoms with Crippen LogP contribution in [-0.2, 0) is 6.54 Å². The van der Waals surface area contributed by atoms with E-state index in [2.05, 4.69) is 10.3 Å². The summed E-state index contributed by atoms with van der Waals surface area (Å²) in [6, 6.07) is 8.45. The summed E-state index contributed by atoms with van der Waals surface area (Å²) in [7, 11) is 0. The van der Waals surface area contributed by atoms with Crippen LogP contribution in [0.5, 0.6) is 0 Å². The van der Waals surface area contributed by atoms with E-state index in [4.69, 9.17) is 11.6 Å². The molecule has 0 saturated heterocycles. The van der Waals surface area contributed by atoms with Crippen molar-refractivity contribution in [3.05, 3.63) is 69.0 Å². The Balaban J connectivity index is 2.11. The number of hydrogen-bond donors (Lipinski definition) is 1. The van der Waals surface area contributed by atoms with Gasteiger partial charge in [0.2, 0.25) is 0 Å². The summed E-state index contributed by atoms with van der Waals surface area (Å²) in [4.78, 5) is 14.5. The first-order valence-corrected chi connectivity index (χ1v) is 6.52. The highest BCUT2D eigenvalue weighted by Crippen LogP contribution is 2.23. The molecule has 1 atom stereocenters. The van der Waals surface area contributed by atoms with E-state index in [9.17, 15) is 10.1 Å². The number of nitro benzene ring substituents is 1. The third-order valence-electron chi connectivity index (χ3n) is 3.04. The number of nitro groups is 1. The highest BCUT2D eigenvalue weighted by atomic mass is 35.5. The van der Waals surface area contributed by atoms with E-state index >= 15 is 0 Å². The van der Waals surface area contributed by atoms with Crippen molar-refractivity contribution in [2.24, 2.45) is 0 Å². The largest absolute Gasteiger partial charge is 0.306 e. The van der Waals surface area contributed by atoms with Crippen LogP contribution in [0.15, 0.2) is 42.7 Å². The predicted molar refractivity (Wildman–Crippen MR) is 77.6 cm³/mol. The van der Waals surface area contributed by atoms with E-state index in [-0.39, 0.29) is 11.7 Å². The molecule has 0 fully saturated rings. The fourth-order valence-electron chi connectivity index (χ4n) is 1.91. The van der Waals surface area contributed by atoms with Crippen LogP contribution in [0, 0.1) is 10.1 Å². The van der Waals surface area contributed by atoms with Crippen molar-refractivity contribution in [2.45, 2.75) is 19.5 Å². The third kappa shape index (κ3) is 3.53. The average Bonchev–Trinajstić information content (AvgIpc) is 2.45. The topological polar surface area (TPSA) is 68.1 Å². The summed E-state index contributed by atoms with van der Waals surface area (Å²) in [5.74, 6) is 0. The molecule has 1 aromatic heterocycles. The molecule has 104 valence electrons. The standard InChI is InChI=1S/C14H14ClN3O2/c1-10(11-4-6-16-7-5-11)17-9-12-8-13(15)2-3-14(12)18(19)20/h2-8,10,17H,9H2,1H3/t10-/m1/s1. The quantitative estimate of drug-likeness (QED) is 0.676. The van der Waals surface area contributed by atoms with Crippen LogP contribution in [-0.4, -0.2) is 9.91 Å². The van der Waals surface area contributed by atoms with Crippen molar-refractivity contribution < 1.29 is 4.92 Å². The minimum absolute atomic E-state index is 0.0663. The Labute approximate surface area is 121 Å². The Morgan fingerprint density at radius 3 is 2.70 bits per heavy atom. The smallest absolute Gasteiger partial charge is 0.273 e. The minimum Gasteiger partial charge on any atom is -0.306 e. The summed E-state index contributed by atoms with van der Waals surface area (Å²) in [5.41, 5.74) is 1.72. The van der Waals surface area contributed by atoms with E-state index in [0.29, 0.717) is 17.1 Å². The molecule has 0 bridgehead atoms. The number of nitrogens with one attached hydrogen (secondary N) is 1. The van der Waals surface area contributed by atoms with Gasteiger partial charge in [-0.25, -0.2) is 0 Å². The van der Waals surface area contributed by atoms with E-state index in [1.54, 1.807) is 18.5 Å². The second-order valence-corrected chi connectivity index (χ2v) is 4.85. The molecule has 0 radical (unpaired) electrons. The first-order chi connectivity index (χ1) is 9.58. The molecule has 6 heteroatoms. The zero-order valence-corrected chi connectivity index (χ0v) is 11.7. The predicted octanol–water partition coefficient (Wildman–Crippen LogP) is 3.49. The molecule has 0 spiro atoms. The van der Waals surface area contributed by atoms with Crippen LogP contribution in [0.4, 0.5) is 5.69 Å². The number of hydrogen-bond acceptors (Lipinski definition) is 4. The van der Waals surface area contributed by atoms with Crippen molar-refractivity contribution >= 4 is 17.3 Å². The molecule has 20 heavy (non-hydrogen) atoms. The van der Waals surface area contributed by atoms with Gasteiger partial charge in [-0.15, -0.1) is 0 Å². The normalized spacial score (nSPS) is 12.1. The van der Waals surface area contributed by atoms with Gasteiger partial charge in [-0.3, -0.25) is 15.1 Å².